The van der Waals surface area contributed by atoms with Crippen LogP contribution in [0.4, 0.5) is 5.82 Å². The predicted molar refractivity (Wildman–Crippen MR) is 148 cm³/mol. The van der Waals surface area contributed by atoms with Gasteiger partial charge in [0.15, 0.2) is 0 Å². The molecule has 37 heavy (non-hydrogen) atoms. The van der Waals surface area contributed by atoms with Crippen LogP contribution in [0, 0.1) is 22.7 Å². The fraction of sp³-hybridized carbons (Fsp3) is 0.133. The van der Waals surface area contributed by atoms with E-state index in [1.165, 1.54) is 11.8 Å². The summed E-state index contributed by atoms with van der Waals surface area (Å²) in [4.78, 5) is 18.2. The van der Waals surface area contributed by atoms with Crippen LogP contribution < -0.4 is 5.73 Å². The van der Waals surface area contributed by atoms with Crippen molar-refractivity contribution in [1.82, 2.24) is 9.55 Å². The van der Waals surface area contributed by atoms with Gasteiger partial charge in [0.1, 0.15) is 28.5 Å². The van der Waals surface area contributed by atoms with Crippen molar-refractivity contribution in [2.75, 3.05) is 5.73 Å². The minimum Gasteiger partial charge on any atom is -0.383 e. The summed E-state index contributed by atoms with van der Waals surface area (Å²) in [7, 11) is 0. The number of hydrogen-bond acceptors (Lipinski definition) is 6. The molecule has 1 unspecified atom stereocenters. The fourth-order valence-electron chi connectivity index (χ4n) is 4.64. The quantitative estimate of drug-likeness (QED) is 0.273. The number of benzene rings is 3. The Balaban J connectivity index is 1.60. The van der Waals surface area contributed by atoms with Crippen LogP contribution in [0.3, 0.4) is 0 Å². The van der Waals surface area contributed by atoms with E-state index in [9.17, 15) is 15.3 Å². The van der Waals surface area contributed by atoms with Crippen LogP contribution in [-0.2, 0) is 6.42 Å². The van der Waals surface area contributed by atoms with E-state index < -0.39 is 5.25 Å². The highest BCUT2D eigenvalue weighted by Crippen LogP contribution is 2.38. The molecule has 0 aliphatic carbocycles. The first kappa shape index (κ1) is 24.1. The third-order valence-corrected chi connectivity index (χ3v) is 7.58. The molecular weight excluding hydrogens is 478 g/mol. The van der Waals surface area contributed by atoms with Gasteiger partial charge >= 0.3 is 0 Å². The summed E-state index contributed by atoms with van der Waals surface area (Å²) >= 11 is 1.17. The molecule has 7 heteroatoms. The number of hydrogen-bond donors (Lipinski definition) is 1. The maximum Gasteiger partial charge on any atom is 0.244 e. The number of thioether (sulfide) groups is 1. The second-order valence-electron chi connectivity index (χ2n) is 8.67. The van der Waals surface area contributed by atoms with Crippen molar-refractivity contribution in [3.8, 4) is 23.3 Å². The molecule has 1 atom stereocenters. The summed E-state index contributed by atoms with van der Waals surface area (Å²) < 4.78 is 1.73. The topological polar surface area (TPSA) is 108 Å². The molecule has 0 saturated heterocycles. The zero-order chi connectivity index (χ0) is 26.1. The van der Waals surface area contributed by atoms with Gasteiger partial charge in [-0.25, -0.2) is 4.98 Å². The number of anilines is 1. The third kappa shape index (κ3) is 4.10. The smallest absolute Gasteiger partial charge is 0.244 e. The van der Waals surface area contributed by atoms with E-state index >= 15 is 0 Å². The number of nitrogen functional groups attached to an aromatic ring is 1. The number of carbonyl (C=O) groups is 1. The Hall–Kier alpha value is -4.59. The first-order chi connectivity index (χ1) is 18.0. The Labute approximate surface area is 219 Å². The van der Waals surface area contributed by atoms with Crippen LogP contribution in [0.5, 0.6) is 0 Å². The van der Waals surface area contributed by atoms with Crippen LogP contribution in [0.15, 0.2) is 77.8 Å². The Morgan fingerprint density at radius 1 is 0.946 bits per heavy atom. The Morgan fingerprint density at radius 2 is 1.51 bits per heavy atom. The summed E-state index contributed by atoms with van der Waals surface area (Å²) in [5.41, 5.74) is 10.5. The number of nitriles is 2. The SMILES string of the molecule is CCc1ccc(-c2c(C#N)c(N)nc(SC(C)C(=O)n3c4ccccc4c4ccccc43)c2C#N)cc1. The highest BCUT2D eigenvalue weighted by molar-refractivity contribution is 8.00. The summed E-state index contributed by atoms with van der Waals surface area (Å²) in [6.45, 7) is 3.86. The molecule has 2 aromatic heterocycles. The van der Waals surface area contributed by atoms with E-state index in [4.69, 9.17) is 5.73 Å². The largest absolute Gasteiger partial charge is 0.383 e. The maximum absolute atomic E-state index is 13.8. The van der Waals surface area contributed by atoms with Crippen molar-refractivity contribution in [2.45, 2.75) is 30.5 Å². The number of aryl methyl sites for hydroxylation is 1. The van der Waals surface area contributed by atoms with Gasteiger partial charge in [0, 0.05) is 16.3 Å². The van der Waals surface area contributed by atoms with Crippen molar-refractivity contribution in [3.63, 3.8) is 0 Å². The first-order valence-corrected chi connectivity index (χ1v) is 12.8. The summed E-state index contributed by atoms with van der Waals surface area (Å²) in [5.74, 6) is -0.0973. The van der Waals surface area contributed by atoms with Gasteiger partial charge in [-0.2, -0.15) is 10.5 Å². The van der Waals surface area contributed by atoms with E-state index in [0.29, 0.717) is 16.2 Å². The van der Waals surface area contributed by atoms with Gasteiger partial charge in [-0.05, 0) is 36.6 Å². The van der Waals surface area contributed by atoms with Crippen molar-refractivity contribution in [2.24, 2.45) is 0 Å². The molecule has 0 aliphatic heterocycles. The Bertz CT molecular complexity index is 1700. The van der Waals surface area contributed by atoms with Gasteiger partial charge in [0.2, 0.25) is 5.91 Å². The highest BCUT2D eigenvalue weighted by Gasteiger charge is 2.26. The normalized spacial score (nSPS) is 11.8. The van der Waals surface area contributed by atoms with Gasteiger partial charge in [-0.1, -0.05) is 79.3 Å². The number of nitrogens with two attached hydrogens (primary N) is 1. The number of pyridine rings is 1. The van der Waals surface area contributed by atoms with Gasteiger partial charge in [-0.3, -0.25) is 9.36 Å². The molecule has 0 spiro atoms. The van der Waals surface area contributed by atoms with Crippen LogP contribution in [0.2, 0.25) is 0 Å². The molecule has 0 saturated carbocycles. The van der Waals surface area contributed by atoms with Crippen LogP contribution in [0.1, 0.15) is 35.3 Å². The summed E-state index contributed by atoms with van der Waals surface area (Å²) in [5, 5.41) is 21.7. The molecule has 0 bridgehead atoms. The molecule has 2 N–H and O–H groups in total. The third-order valence-electron chi connectivity index (χ3n) is 6.50. The van der Waals surface area contributed by atoms with Crippen molar-refractivity contribution in [3.05, 3.63) is 89.5 Å². The second-order valence-corrected chi connectivity index (χ2v) is 10.00. The lowest BCUT2D eigenvalue weighted by Gasteiger charge is -2.16. The molecule has 5 aromatic rings. The lowest BCUT2D eigenvalue weighted by molar-refractivity contribution is 0.0925. The highest BCUT2D eigenvalue weighted by atomic mass is 32.2. The molecule has 0 fully saturated rings. The zero-order valence-electron chi connectivity index (χ0n) is 20.4. The number of rotatable bonds is 5. The number of nitrogens with zero attached hydrogens (tertiary/aromatic N) is 4. The molecule has 0 aliphatic rings. The standard InChI is InChI=1S/C30H23N5OS/c1-3-19-12-14-20(15-13-19)27-23(16-31)28(33)34-29(24(27)17-32)37-18(2)30(36)35-25-10-6-4-8-21(25)22-9-5-7-11-26(22)35/h4-15,18H,3H2,1-2H3,(H2,33,34). The minimum absolute atomic E-state index is 0.0371. The minimum atomic E-state index is -0.582. The molecule has 5 rings (SSSR count). The van der Waals surface area contributed by atoms with Crippen molar-refractivity contribution >= 4 is 45.3 Å². The van der Waals surface area contributed by atoms with E-state index in [1.807, 2.05) is 72.8 Å². The maximum atomic E-state index is 13.8. The van der Waals surface area contributed by atoms with E-state index in [2.05, 4.69) is 24.0 Å². The van der Waals surface area contributed by atoms with Crippen LogP contribution >= 0.6 is 11.8 Å². The van der Waals surface area contributed by atoms with Gasteiger partial charge in [0.25, 0.3) is 0 Å². The lowest BCUT2D eigenvalue weighted by atomic mass is 9.96. The Kier molecular flexibility index (Phi) is 6.40. The number of fused-ring (bicyclic) bond motifs is 3. The van der Waals surface area contributed by atoms with E-state index in [0.717, 1.165) is 33.8 Å². The average Bonchev–Trinajstić information content (AvgIpc) is 3.26. The second kappa shape index (κ2) is 9.81. The molecule has 0 radical (unpaired) electrons. The average molecular weight is 502 g/mol. The van der Waals surface area contributed by atoms with Gasteiger partial charge in [-0.15, -0.1) is 0 Å². The van der Waals surface area contributed by atoms with E-state index in [1.54, 1.807) is 11.5 Å². The molecule has 180 valence electrons. The molecule has 6 nitrogen and oxygen atoms in total. The number of carbonyl (C=O) groups excluding carboxylic acids is 1. The van der Waals surface area contributed by atoms with Crippen LogP contribution in [-0.4, -0.2) is 20.7 Å². The Morgan fingerprint density at radius 3 is 2.05 bits per heavy atom. The summed E-state index contributed by atoms with van der Waals surface area (Å²) in [6.07, 6.45) is 0.873. The monoisotopic (exact) mass is 501 g/mol. The lowest BCUT2D eigenvalue weighted by Crippen LogP contribution is -2.21. The predicted octanol–water partition coefficient (Wildman–Crippen LogP) is 6.57. The molecule has 0 amide bonds. The summed E-state index contributed by atoms with van der Waals surface area (Å²) in [6, 6.07) is 27.7. The first-order valence-electron chi connectivity index (χ1n) is 11.9. The van der Waals surface area contributed by atoms with Gasteiger partial charge in [0.05, 0.1) is 21.8 Å². The molecule has 2 heterocycles. The zero-order valence-corrected chi connectivity index (χ0v) is 21.2. The number of aromatic nitrogens is 2. The van der Waals surface area contributed by atoms with E-state index in [-0.39, 0.29) is 22.9 Å². The van der Waals surface area contributed by atoms with Crippen LogP contribution in [0.25, 0.3) is 32.9 Å². The van der Waals surface area contributed by atoms with Crippen molar-refractivity contribution in [1.29, 1.82) is 10.5 Å². The molecule has 3 aromatic carbocycles. The fourth-order valence-corrected chi connectivity index (χ4v) is 5.60. The molecular formula is C30H23N5OS. The number of para-hydroxylation sites is 2. The van der Waals surface area contributed by atoms with Crippen molar-refractivity contribution < 1.29 is 4.79 Å². The van der Waals surface area contributed by atoms with Gasteiger partial charge < -0.3 is 5.73 Å².